The summed E-state index contributed by atoms with van der Waals surface area (Å²) in [7, 11) is 0. The molecular formula is C21H18ClN5O3S. The van der Waals surface area contributed by atoms with Crippen LogP contribution < -0.4 is 0 Å². The zero-order valence-corrected chi connectivity index (χ0v) is 18.0. The van der Waals surface area contributed by atoms with Crippen LogP contribution in [-0.4, -0.2) is 37.2 Å². The second-order valence-corrected chi connectivity index (χ2v) is 8.63. The van der Waals surface area contributed by atoms with E-state index in [9.17, 15) is 4.79 Å². The van der Waals surface area contributed by atoms with E-state index in [0.717, 1.165) is 23.3 Å². The Morgan fingerprint density at radius 1 is 1.16 bits per heavy atom. The molecule has 0 unspecified atom stereocenters. The van der Waals surface area contributed by atoms with Crippen LogP contribution in [0.2, 0.25) is 5.02 Å². The average molecular weight is 456 g/mol. The Bertz CT molecular complexity index is 1170. The molecule has 4 aromatic rings. The average Bonchev–Trinajstić information content (AvgIpc) is 3.18. The van der Waals surface area contributed by atoms with Crippen molar-refractivity contribution in [3.05, 3.63) is 58.6 Å². The highest BCUT2D eigenvalue weighted by atomic mass is 35.5. The molecule has 10 heteroatoms. The molecule has 3 heterocycles. The third kappa shape index (κ3) is 4.67. The molecule has 1 saturated carbocycles. The number of thiophene rings is 1. The normalized spacial score (nSPS) is 13.5. The third-order valence-corrected chi connectivity index (χ3v) is 6.05. The number of nitrogens with zero attached hydrogens (tertiary/aromatic N) is 5. The summed E-state index contributed by atoms with van der Waals surface area (Å²) in [6.07, 6.45) is 2.63. The number of benzene rings is 1. The summed E-state index contributed by atoms with van der Waals surface area (Å²) in [6, 6.07) is 11.2. The first-order chi connectivity index (χ1) is 15.2. The summed E-state index contributed by atoms with van der Waals surface area (Å²) in [4.78, 5) is 20.0. The Labute approximate surface area is 186 Å². The predicted octanol–water partition coefficient (Wildman–Crippen LogP) is 4.63. The molecule has 8 nitrogen and oxygen atoms in total. The van der Waals surface area contributed by atoms with Gasteiger partial charge in [0.1, 0.15) is 0 Å². The van der Waals surface area contributed by atoms with E-state index in [-0.39, 0.29) is 24.9 Å². The fourth-order valence-corrected chi connectivity index (χ4v) is 3.97. The zero-order valence-electron chi connectivity index (χ0n) is 16.4. The summed E-state index contributed by atoms with van der Waals surface area (Å²) in [6.45, 7) is 0.286. The second kappa shape index (κ2) is 8.60. The molecule has 31 heavy (non-hydrogen) atoms. The first kappa shape index (κ1) is 19.9. The van der Waals surface area contributed by atoms with Gasteiger partial charge < -0.3 is 13.8 Å². The number of hydrogen-bond acceptors (Lipinski definition) is 8. The van der Waals surface area contributed by atoms with E-state index in [4.69, 9.17) is 20.5 Å². The molecule has 1 aromatic carbocycles. The number of rotatable bonds is 8. The van der Waals surface area contributed by atoms with Crippen LogP contribution in [0.1, 0.15) is 31.0 Å². The van der Waals surface area contributed by atoms with Crippen molar-refractivity contribution in [2.45, 2.75) is 38.3 Å². The summed E-state index contributed by atoms with van der Waals surface area (Å²) in [5.41, 5.74) is 0.783. The molecule has 0 aliphatic heterocycles. The molecule has 1 amide bonds. The minimum Gasteiger partial charge on any atom is -0.419 e. The number of halogens is 1. The third-order valence-electron chi connectivity index (χ3n) is 4.93. The van der Waals surface area contributed by atoms with Crippen molar-refractivity contribution in [3.63, 3.8) is 0 Å². The maximum atomic E-state index is 12.9. The highest BCUT2D eigenvalue weighted by Crippen LogP contribution is 2.30. The van der Waals surface area contributed by atoms with Crippen molar-refractivity contribution in [2.75, 3.05) is 0 Å². The molecule has 0 saturated heterocycles. The van der Waals surface area contributed by atoms with Crippen LogP contribution in [0, 0.1) is 0 Å². The quantitative estimate of drug-likeness (QED) is 0.382. The first-order valence-corrected chi connectivity index (χ1v) is 11.2. The van der Waals surface area contributed by atoms with Gasteiger partial charge in [0.15, 0.2) is 0 Å². The minimum absolute atomic E-state index is 0.00427. The minimum atomic E-state index is 0.00427. The highest BCUT2D eigenvalue weighted by molar-refractivity contribution is 7.13. The number of hydrogen-bond donors (Lipinski definition) is 0. The molecule has 0 N–H and O–H groups in total. The lowest BCUT2D eigenvalue weighted by atomic mass is 10.2. The molecule has 0 bridgehead atoms. The van der Waals surface area contributed by atoms with Crippen LogP contribution in [0.25, 0.3) is 22.2 Å². The van der Waals surface area contributed by atoms with Gasteiger partial charge in [0.2, 0.25) is 29.4 Å². The Hall–Kier alpha value is -3.04. The molecule has 1 aliphatic rings. The van der Waals surface area contributed by atoms with Crippen molar-refractivity contribution in [1.82, 2.24) is 25.2 Å². The van der Waals surface area contributed by atoms with Gasteiger partial charge in [-0.2, -0.15) is 4.98 Å². The van der Waals surface area contributed by atoms with Gasteiger partial charge in [0.05, 0.1) is 11.4 Å². The number of amides is 1. The lowest BCUT2D eigenvalue weighted by molar-refractivity contribution is -0.132. The Morgan fingerprint density at radius 2 is 2.00 bits per heavy atom. The Balaban J connectivity index is 1.22. The number of aryl methyl sites for hydroxylation is 1. The monoisotopic (exact) mass is 455 g/mol. The lowest BCUT2D eigenvalue weighted by Gasteiger charge is -2.20. The molecule has 0 spiro atoms. The van der Waals surface area contributed by atoms with Crippen molar-refractivity contribution in [2.24, 2.45) is 0 Å². The van der Waals surface area contributed by atoms with Crippen LogP contribution in [-0.2, 0) is 17.8 Å². The van der Waals surface area contributed by atoms with E-state index in [1.165, 1.54) is 0 Å². The van der Waals surface area contributed by atoms with Crippen molar-refractivity contribution >= 4 is 28.8 Å². The van der Waals surface area contributed by atoms with E-state index in [2.05, 4.69) is 20.3 Å². The zero-order chi connectivity index (χ0) is 21.2. The van der Waals surface area contributed by atoms with E-state index in [0.29, 0.717) is 34.9 Å². The van der Waals surface area contributed by atoms with Crippen molar-refractivity contribution in [1.29, 1.82) is 0 Å². The molecule has 1 fully saturated rings. The number of carbonyl (C=O) groups is 1. The summed E-state index contributed by atoms with van der Waals surface area (Å²) >= 11 is 7.47. The lowest BCUT2D eigenvalue weighted by Crippen LogP contribution is -2.32. The van der Waals surface area contributed by atoms with Crippen LogP contribution >= 0.6 is 22.9 Å². The number of aromatic nitrogens is 4. The fraction of sp³-hybridized carbons (Fsp3) is 0.286. The van der Waals surface area contributed by atoms with Gasteiger partial charge in [-0.25, -0.2) is 0 Å². The first-order valence-electron chi connectivity index (χ1n) is 9.90. The topological polar surface area (TPSA) is 98.2 Å². The SMILES string of the molecule is O=C(CCc1nc(-c2cccs2)no1)N(Cc1nnc(-c2ccc(Cl)cc2)o1)C1CC1. The molecular weight excluding hydrogens is 438 g/mol. The van der Waals surface area contributed by atoms with Gasteiger partial charge in [0, 0.05) is 29.5 Å². The van der Waals surface area contributed by atoms with E-state index in [1.54, 1.807) is 28.4 Å². The maximum Gasteiger partial charge on any atom is 0.247 e. The van der Waals surface area contributed by atoms with E-state index >= 15 is 0 Å². The maximum absolute atomic E-state index is 12.9. The van der Waals surface area contributed by atoms with Crippen molar-refractivity contribution < 1.29 is 13.7 Å². The standard InChI is InChI=1S/C21H18ClN5O3S/c22-14-5-3-13(4-6-14)21-25-24-18(29-21)12-27(15-7-8-15)19(28)10-9-17-23-20(26-30-17)16-2-1-11-31-16/h1-6,11,15H,7-10,12H2. The van der Waals surface area contributed by atoms with Gasteiger partial charge in [-0.3, -0.25) is 4.79 Å². The molecule has 0 radical (unpaired) electrons. The van der Waals surface area contributed by atoms with Crippen LogP contribution in [0.5, 0.6) is 0 Å². The van der Waals surface area contributed by atoms with Crippen LogP contribution in [0.15, 0.2) is 50.7 Å². The van der Waals surface area contributed by atoms with Crippen molar-refractivity contribution in [3.8, 4) is 22.2 Å². The van der Waals surface area contributed by atoms with Gasteiger partial charge >= 0.3 is 0 Å². The smallest absolute Gasteiger partial charge is 0.247 e. The van der Waals surface area contributed by atoms with Crippen LogP contribution in [0.3, 0.4) is 0 Å². The molecule has 1 aliphatic carbocycles. The molecule has 158 valence electrons. The fourth-order valence-electron chi connectivity index (χ4n) is 3.20. The van der Waals surface area contributed by atoms with Gasteiger partial charge in [-0.15, -0.1) is 21.5 Å². The van der Waals surface area contributed by atoms with Crippen LogP contribution in [0.4, 0.5) is 0 Å². The Morgan fingerprint density at radius 3 is 2.74 bits per heavy atom. The van der Waals surface area contributed by atoms with E-state index in [1.807, 2.05) is 29.6 Å². The summed E-state index contributed by atoms with van der Waals surface area (Å²) in [5.74, 6) is 1.82. The summed E-state index contributed by atoms with van der Waals surface area (Å²) < 4.78 is 11.1. The second-order valence-electron chi connectivity index (χ2n) is 7.25. The summed E-state index contributed by atoms with van der Waals surface area (Å²) in [5, 5.41) is 14.8. The largest absolute Gasteiger partial charge is 0.419 e. The van der Waals surface area contributed by atoms with Gasteiger partial charge in [-0.1, -0.05) is 22.8 Å². The van der Waals surface area contributed by atoms with Gasteiger partial charge in [0.25, 0.3) is 0 Å². The Kier molecular flexibility index (Phi) is 5.52. The highest BCUT2D eigenvalue weighted by Gasteiger charge is 2.33. The van der Waals surface area contributed by atoms with Gasteiger partial charge in [-0.05, 0) is 48.6 Å². The molecule has 5 rings (SSSR count). The molecule has 3 aromatic heterocycles. The predicted molar refractivity (Wildman–Crippen MR) is 114 cm³/mol. The molecule has 0 atom stereocenters. The number of carbonyl (C=O) groups excluding carboxylic acids is 1. The van der Waals surface area contributed by atoms with E-state index < -0.39 is 0 Å².